The Labute approximate surface area is 174 Å². The first-order chi connectivity index (χ1) is 14.3. The van der Waals surface area contributed by atoms with Crippen LogP contribution in [0.15, 0.2) is 40.8 Å². The number of anilines is 1. The average molecular weight is 411 g/mol. The summed E-state index contributed by atoms with van der Waals surface area (Å²) in [5.74, 6) is 0.0889. The maximum absolute atomic E-state index is 12.6. The SMILES string of the molecule is CCOc1ccc2oc(C(=O)O[C@@H](C)C(=O)Nc3cc(C)ccc3OC)c(C)c2c1. The lowest BCUT2D eigenvalue weighted by Crippen LogP contribution is -2.30. The number of ether oxygens (including phenoxy) is 3. The van der Waals surface area contributed by atoms with Crippen molar-refractivity contribution < 1.29 is 28.2 Å². The number of amides is 1. The molecule has 0 bridgehead atoms. The fourth-order valence-electron chi connectivity index (χ4n) is 3.07. The molecule has 0 aliphatic heterocycles. The largest absolute Gasteiger partial charge is 0.495 e. The highest BCUT2D eigenvalue weighted by Crippen LogP contribution is 2.30. The molecule has 7 heteroatoms. The highest BCUT2D eigenvalue weighted by molar-refractivity contribution is 6.00. The molecule has 1 aromatic heterocycles. The first kappa shape index (κ1) is 21.2. The lowest BCUT2D eigenvalue weighted by Gasteiger charge is -2.15. The van der Waals surface area contributed by atoms with Crippen molar-refractivity contribution in [3.05, 3.63) is 53.3 Å². The van der Waals surface area contributed by atoms with Crippen molar-refractivity contribution in [1.82, 2.24) is 0 Å². The number of methoxy groups -OCH3 is 1. The first-order valence-electron chi connectivity index (χ1n) is 9.66. The van der Waals surface area contributed by atoms with Gasteiger partial charge in [0, 0.05) is 10.9 Å². The van der Waals surface area contributed by atoms with Crippen molar-refractivity contribution in [3.63, 3.8) is 0 Å². The molecular weight excluding hydrogens is 386 g/mol. The smallest absolute Gasteiger partial charge is 0.375 e. The lowest BCUT2D eigenvalue weighted by atomic mass is 10.1. The summed E-state index contributed by atoms with van der Waals surface area (Å²) in [5.41, 5.74) is 2.64. The van der Waals surface area contributed by atoms with E-state index in [1.165, 1.54) is 14.0 Å². The van der Waals surface area contributed by atoms with Gasteiger partial charge in [0.25, 0.3) is 5.91 Å². The number of hydrogen-bond donors (Lipinski definition) is 1. The second kappa shape index (κ2) is 8.90. The quantitative estimate of drug-likeness (QED) is 0.570. The van der Waals surface area contributed by atoms with Gasteiger partial charge in [0.15, 0.2) is 6.10 Å². The van der Waals surface area contributed by atoms with Crippen LogP contribution in [0.4, 0.5) is 5.69 Å². The van der Waals surface area contributed by atoms with Crippen LogP contribution in [0.3, 0.4) is 0 Å². The normalized spacial score (nSPS) is 11.8. The van der Waals surface area contributed by atoms with Crippen molar-refractivity contribution >= 4 is 28.5 Å². The molecule has 0 unspecified atom stereocenters. The molecule has 3 rings (SSSR count). The highest BCUT2D eigenvalue weighted by atomic mass is 16.6. The van der Waals surface area contributed by atoms with E-state index in [4.69, 9.17) is 18.6 Å². The van der Waals surface area contributed by atoms with Gasteiger partial charge in [0.2, 0.25) is 5.76 Å². The monoisotopic (exact) mass is 411 g/mol. The molecule has 0 spiro atoms. The molecule has 0 aliphatic carbocycles. The first-order valence-corrected chi connectivity index (χ1v) is 9.66. The highest BCUT2D eigenvalue weighted by Gasteiger charge is 2.25. The van der Waals surface area contributed by atoms with E-state index in [2.05, 4.69) is 5.32 Å². The summed E-state index contributed by atoms with van der Waals surface area (Å²) >= 11 is 0. The zero-order valence-corrected chi connectivity index (χ0v) is 17.7. The van der Waals surface area contributed by atoms with E-state index in [1.54, 1.807) is 31.2 Å². The van der Waals surface area contributed by atoms with Crippen LogP contribution in [0.5, 0.6) is 11.5 Å². The van der Waals surface area contributed by atoms with Crippen LogP contribution < -0.4 is 14.8 Å². The van der Waals surface area contributed by atoms with E-state index in [1.807, 2.05) is 26.0 Å². The van der Waals surface area contributed by atoms with E-state index in [9.17, 15) is 9.59 Å². The average Bonchev–Trinajstić information content (AvgIpc) is 3.04. The molecule has 0 saturated carbocycles. The number of benzene rings is 2. The minimum absolute atomic E-state index is 0.0615. The Morgan fingerprint density at radius 2 is 1.90 bits per heavy atom. The fraction of sp³-hybridized carbons (Fsp3) is 0.304. The van der Waals surface area contributed by atoms with Crippen molar-refractivity contribution in [3.8, 4) is 11.5 Å². The third kappa shape index (κ3) is 4.40. The van der Waals surface area contributed by atoms with Gasteiger partial charge in [0.1, 0.15) is 17.1 Å². The van der Waals surface area contributed by atoms with E-state index in [-0.39, 0.29) is 5.76 Å². The summed E-state index contributed by atoms with van der Waals surface area (Å²) in [7, 11) is 1.52. The topological polar surface area (TPSA) is 87.0 Å². The maximum Gasteiger partial charge on any atom is 0.375 e. The predicted molar refractivity (Wildman–Crippen MR) is 113 cm³/mol. The Morgan fingerprint density at radius 3 is 2.60 bits per heavy atom. The third-order valence-corrected chi connectivity index (χ3v) is 4.67. The Morgan fingerprint density at radius 1 is 1.13 bits per heavy atom. The van der Waals surface area contributed by atoms with E-state index < -0.39 is 18.0 Å². The zero-order valence-electron chi connectivity index (χ0n) is 17.7. The summed E-state index contributed by atoms with van der Waals surface area (Å²) in [6, 6.07) is 10.7. The number of fused-ring (bicyclic) bond motifs is 1. The summed E-state index contributed by atoms with van der Waals surface area (Å²) in [5, 5.41) is 3.49. The van der Waals surface area contributed by atoms with Gasteiger partial charge in [-0.15, -0.1) is 0 Å². The predicted octanol–water partition coefficient (Wildman–Crippen LogP) is 4.64. The van der Waals surface area contributed by atoms with Crippen LogP contribution in [0.25, 0.3) is 11.0 Å². The summed E-state index contributed by atoms with van der Waals surface area (Å²) in [4.78, 5) is 25.2. The second-order valence-corrected chi connectivity index (χ2v) is 6.89. The molecule has 0 saturated heterocycles. The second-order valence-electron chi connectivity index (χ2n) is 6.89. The zero-order chi connectivity index (χ0) is 21.8. The Balaban J connectivity index is 1.74. The molecule has 2 aromatic carbocycles. The molecule has 1 N–H and O–H groups in total. The number of nitrogens with one attached hydrogen (secondary N) is 1. The van der Waals surface area contributed by atoms with Crippen LogP contribution in [0.2, 0.25) is 0 Å². The van der Waals surface area contributed by atoms with Crippen LogP contribution in [0, 0.1) is 13.8 Å². The van der Waals surface area contributed by atoms with Crippen LogP contribution in [-0.2, 0) is 9.53 Å². The minimum atomic E-state index is -1.03. The number of aryl methyl sites for hydroxylation is 2. The van der Waals surface area contributed by atoms with Crippen LogP contribution >= 0.6 is 0 Å². The number of esters is 1. The van der Waals surface area contributed by atoms with Gasteiger partial charge in [-0.1, -0.05) is 6.07 Å². The number of rotatable bonds is 7. The molecule has 0 radical (unpaired) electrons. The maximum atomic E-state index is 12.6. The van der Waals surface area contributed by atoms with Gasteiger partial charge in [-0.2, -0.15) is 0 Å². The number of furan rings is 1. The number of hydrogen-bond acceptors (Lipinski definition) is 6. The number of carbonyl (C=O) groups excluding carboxylic acids is 2. The Kier molecular flexibility index (Phi) is 6.30. The van der Waals surface area contributed by atoms with E-state index >= 15 is 0 Å². The van der Waals surface area contributed by atoms with Crippen LogP contribution in [0.1, 0.15) is 35.5 Å². The van der Waals surface area contributed by atoms with Crippen molar-refractivity contribution in [2.45, 2.75) is 33.8 Å². The lowest BCUT2D eigenvalue weighted by molar-refractivity contribution is -0.123. The molecule has 158 valence electrons. The van der Waals surface area contributed by atoms with Crippen LogP contribution in [-0.4, -0.2) is 31.7 Å². The molecular formula is C23H25NO6. The third-order valence-electron chi connectivity index (χ3n) is 4.67. The summed E-state index contributed by atoms with van der Waals surface area (Å²) in [6.07, 6.45) is -1.03. The van der Waals surface area contributed by atoms with Gasteiger partial charge in [-0.3, -0.25) is 4.79 Å². The van der Waals surface area contributed by atoms with Gasteiger partial charge in [-0.25, -0.2) is 4.79 Å². The van der Waals surface area contributed by atoms with Gasteiger partial charge >= 0.3 is 5.97 Å². The van der Waals surface area contributed by atoms with Gasteiger partial charge < -0.3 is 23.9 Å². The molecule has 30 heavy (non-hydrogen) atoms. The standard InChI is InChI=1S/C23H25NO6/c1-6-28-16-8-10-19-17(12-16)14(3)21(30-19)23(26)29-15(4)22(25)24-18-11-13(2)7-9-20(18)27-5/h7-12,15H,6H2,1-5H3,(H,24,25)/t15-/m0/s1. The summed E-state index contributed by atoms with van der Waals surface area (Å²) in [6.45, 7) is 7.60. The van der Waals surface area contributed by atoms with E-state index in [0.717, 1.165) is 10.9 Å². The van der Waals surface area contributed by atoms with Crippen molar-refractivity contribution in [2.24, 2.45) is 0 Å². The van der Waals surface area contributed by atoms with Gasteiger partial charge in [-0.05, 0) is 63.6 Å². The minimum Gasteiger partial charge on any atom is -0.495 e. The Hall–Kier alpha value is -3.48. The molecule has 0 aliphatic rings. The molecule has 1 atom stereocenters. The molecule has 3 aromatic rings. The summed E-state index contributed by atoms with van der Waals surface area (Å²) < 4.78 is 21.8. The fourth-order valence-corrected chi connectivity index (χ4v) is 3.07. The Bertz CT molecular complexity index is 1080. The van der Waals surface area contributed by atoms with E-state index in [0.29, 0.717) is 34.9 Å². The van der Waals surface area contributed by atoms with Crippen molar-refractivity contribution in [1.29, 1.82) is 0 Å². The molecule has 1 heterocycles. The molecule has 0 fully saturated rings. The molecule has 7 nitrogen and oxygen atoms in total. The van der Waals surface area contributed by atoms with Crippen molar-refractivity contribution in [2.75, 3.05) is 19.0 Å². The number of carbonyl (C=O) groups is 2. The molecule has 1 amide bonds. The van der Waals surface area contributed by atoms with Gasteiger partial charge in [0.05, 0.1) is 19.4 Å².